The Hall–Kier alpha value is -1.92. The molecule has 0 radical (unpaired) electrons. The SMILES string of the molecule is CC(CN1CCCN(c2nc3ccccc3s2)CC1)Cn1cccn1. The maximum Gasteiger partial charge on any atom is 0.186 e. The minimum absolute atomic E-state index is 0.605. The molecule has 132 valence electrons. The van der Waals surface area contributed by atoms with Crippen LogP contribution in [0.4, 0.5) is 5.13 Å². The number of hydrogen-bond donors (Lipinski definition) is 0. The Morgan fingerprint density at radius 3 is 2.84 bits per heavy atom. The van der Waals surface area contributed by atoms with Crippen LogP contribution in [0.25, 0.3) is 10.2 Å². The molecule has 4 rings (SSSR count). The van der Waals surface area contributed by atoms with Gasteiger partial charge in [-0.25, -0.2) is 4.98 Å². The van der Waals surface area contributed by atoms with E-state index in [0.29, 0.717) is 5.92 Å². The zero-order chi connectivity index (χ0) is 17.1. The van der Waals surface area contributed by atoms with Crippen LogP contribution < -0.4 is 4.90 Å². The van der Waals surface area contributed by atoms with E-state index in [-0.39, 0.29) is 0 Å². The fraction of sp³-hybridized carbons (Fsp3) is 0.474. The third kappa shape index (κ3) is 4.02. The number of nitrogens with zero attached hydrogens (tertiary/aromatic N) is 5. The first kappa shape index (κ1) is 16.5. The molecular formula is C19H25N5S. The number of hydrogen-bond acceptors (Lipinski definition) is 5. The highest BCUT2D eigenvalue weighted by molar-refractivity contribution is 7.22. The van der Waals surface area contributed by atoms with E-state index < -0.39 is 0 Å². The van der Waals surface area contributed by atoms with Crippen molar-refractivity contribution in [3.63, 3.8) is 0 Å². The highest BCUT2D eigenvalue weighted by Gasteiger charge is 2.19. The summed E-state index contributed by atoms with van der Waals surface area (Å²) in [5.41, 5.74) is 1.12. The van der Waals surface area contributed by atoms with Gasteiger partial charge in [-0.15, -0.1) is 0 Å². The monoisotopic (exact) mass is 355 g/mol. The number of rotatable bonds is 5. The third-order valence-corrected chi connectivity index (χ3v) is 5.87. The van der Waals surface area contributed by atoms with Gasteiger partial charge in [0.05, 0.1) is 10.2 Å². The lowest BCUT2D eigenvalue weighted by Crippen LogP contribution is -2.34. The number of fused-ring (bicyclic) bond motifs is 1. The van der Waals surface area contributed by atoms with E-state index in [1.54, 1.807) is 0 Å². The molecule has 3 aromatic rings. The van der Waals surface area contributed by atoms with Crippen molar-refractivity contribution < 1.29 is 0 Å². The summed E-state index contributed by atoms with van der Waals surface area (Å²) in [5, 5.41) is 5.50. The van der Waals surface area contributed by atoms with Crippen LogP contribution >= 0.6 is 11.3 Å². The summed E-state index contributed by atoms with van der Waals surface area (Å²) in [4.78, 5) is 9.89. The topological polar surface area (TPSA) is 37.2 Å². The van der Waals surface area contributed by atoms with Crippen LogP contribution in [0.3, 0.4) is 0 Å². The Bertz CT molecular complexity index is 764. The van der Waals surface area contributed by atoms with Gasteiger partial charge in [0, 0.05) is 45.1 Å². The summed E-state index contributed by atoms with van der Waals surface area (Å²) in [6.07, 6.45) is 5.10. The molecule has 1 aliphatic rings. The molecule has 25 heavy (non-hydrogen) atoms. The smallest absolute Gasteiger partial charge is 0.186 e. The Morgan fingerprint density at radius 2 is 2.00 bits per heavy atom. The van der Waals surface area contributed by atoms with Crippen LogP contribution in [0, 0.1) is 5.92 Å². The lowest BCUT2D eigenvalue weighted by atomic mass is 10.1. The zero-order valence-corrected chi connectivity index (χ0v) is 15.5. The zero-order valence-electron chi connectivity index (χ0n) is 14.7. The van der Waals surface area contributed by atoms with Gasteiger partial charge in [-0.05, 0) is 37.1 Å². The fourth-order valence-electron chi connectivity index (χ4n) is 3.57. The second-order valence-corrected chi connectivity index (χ2v) is 7.95. The van der Waals surface area contributed by atoms with Crippen molar-refractivity contribution in [2.45, 2.75) is 19.9 Å². The number of thiazole rings is 1. The summed E-state index contributed by atoms with van der Waals surface area (Å²) < 4.78 is 3.32. The van der Waals surface area contributed by atoms with Crippen LogP contribution in [0.5, 0.6) is 0 Å². The van der Waals surface area contributed by atoms with Crippen LogP contribution in [0.1, 0.15) is 13.3 Å². The normalized spacial score (nSPS) is 17.7. The minimum Gasteiger partial charge on any atom is -0.347 e. The van der Waals surface area contributed by atoms with Crippen molar-refractivity contribution >= 4 is 26.7 Å². The van der Waals surface area contributed by atoms with E-state index in [1.807, 2.05) is 34.5 Å². The lowest BCUT2D eigenvalue weighted by molar-refractivity contribution is 0.237. The Labute approximate surface area is 152 Å². The molecule has 6 heteroatoms. The third-order valence-electron chi connectivity index (χ3n) is 4.77. The second-order valence-electron chi connectivity index (χ2n) is 6.94. The van der Waals surface area contributed by atoms with Gasteiger partial charge in [-0.2, -0.15) is 5.10 Å². The average Bonchev–Trinajstić information content (AvgIpc) is 3.21. The minimum atomic E-state index is 0.605. The van der Waals surface area contributed by atoms with Crippen LogP contribution in [-0.4, -0.2) is 52.4 Å². The summed E-state index contributed by atoms with van der Waals surface area (Å²) in [6.45, 7) is 8.89. The largest absolute Gasteiger partial charge is 0.347 e. The molecule has 3 heterocycles. The quantitative estimate of drug-likeness (QED) is 0.703. The maximum atomic E-state index is 4.83. The predicted octanol–water partition coefficient (Wildman–Crippen LogP) is 3.34. The molecule has 5 nitrogen and oxygen atoms in total. The number of aromatic nitrogens is 3. The molecule has 0 bridgehead atoms. The summed E-state index contributed by atoms with van der Waals surface area (Å²) in [5.74, 6) is 0.605. The van der Waals surface area contributed by atoms with Gasteiger partial charge in [0.25, 0.3) is 0 Å². The van der Waals surface area contributed by atoms with Crippen molar-refractivity contribution in [1.82, 2.24) is 19.7 Å². The van der Waals surface area contributed by atoms with E-state index in [9.17, 15) is 0 Å². The van der Waals surface area contributed by atoms with Gasteiger partial charge in [0.1, 0.15) is 0 Å². The summed E-state index contributed by atoms with van der Waals surface area (Å²) in [7, 11) is 0. The Kier molecular flexibility index (Phi) is 4.99. The van der Waals surface area contributed by atoms with Crippen LogP contribution in [-0.2, 0) is 6.54 Å². The van der Waals surface area contributed by atoms with Gasteiger partial charge in [0.2, 0.25) is 0 Å². The maximum absolute atomic E-state index is 4.83. The van der Waals surface area contributed by atoms with E-state index in [2.05, 4.69) is 46.1 Å². The van der Waals surface area contributed by atoms with E-state index >= 15 is 0 Å². The molecule has 0 spiro atoms. The fourth-order valence-corrected chi connectivity index (χ4v) is 4.58. The summed E-state index contributed by atoms with van der Waals surface area (Å²) >= 11 is 1.82. The van der Waals surface area contributed by atoms with Crippen molar-refractivity contribution in [2.75, 3.05) is 37.6 Å². The molecule has 1 saturated heterocycles. The standard InChI is InChI=1S/C19H25N5S/c1-16(15-24-11-4-8-20-24)14-22-9-5-10-23(13-12-22)19-21-17-6-2-3-7-18(17)25-19/h2-4,6-8,11,16H,5,9-10,12-15H2,1H3. The second kappa shape index (κ2) is 7.54. The molecule has 0 amide bonds. The number of anilines is 1. The molecule has 0 saturated carbocycles. The molecule has 1 atom stereocenters. The first-order valence-electron chi connectivity index (χ1n) is 9.08. The molecule has 0 aliphatic carbocycles. The molecular weight excluding hydrogens is 330 g/mol. The molecule has 1 aromatic carbocycles. The molecule has 1 unspecified atom stereocenters. The molecule has 1 aliphatic heterocycles. The van der Waals surface area contributed by atoms with Crippen LogP contribution in [0.2, 0.25) is 0 Å². The first-order valence-corrected chi connectivity index (χ1v) is 9.90. The highest BCUT2D eigenvalue weighted by Crippen LogP contribution is 2.29. The van der Waals surface area contributed by atoms with Gasteiger partial charge in [-0.3, -0.25) is 4.68 Å². The van der Waals surface area contributed by atoms with Crippen molar-refractivity contribution in [3.05, 3.63) is 42.7 Å². The average molecular weight is 356 g/mol. The lowest BCUT2D eigenvalue weighted by Gasteiger charge is -2.24. The van der Waals surface area contributed by atoms with Crippen molar-refractivity contribution in [3.8, 4) is 0 Å². The Balaban J connectivity index is 1.35. The Morgan fingerprint density at radius 1 is 1.08 bits per heavy atom. The molecule has 1 fully saturated rings. The molecule has 0 N–H and O–H groups in total. The number of para-hydroxylation sites is 1. The predicted molar refractivity (Wildman–Crippen MR) is 104 cm³/mol. The number of benzene rings is 1. The molecule has 2 aromatic heterocycles. The van der Waals surface area contributed by atoms with Gasteiger partial charge >= 0.3 is 0 Å². The van der Waals surface area contributed by atoms with Gasteiger partial charge < -0.3 is 9.80 Å². The van der Waals surface area contributed by atoms with Crippen molar-refractivity contribution in [2.24, 2.45) is 5.92 Å². The van der Waals surface area contributed by atoms with Crippen molar-refractivity contribution in [1.29, 1.82) is 0 Å². The first-order chi connectivity index (χ1) is 12.3. The summed E-state index contributed by atoms with van der Waals surface area (Å²) in [6, 6.07) is 10.4. The van der Waals surface area contributed by atoms with Gasteiger partial charge in [0.15, 0.2) is 5.13 Å². The van der Waals surface area contributed by atoms with E-state index in [0.717, 1.165) is 38.2 Å². The van der Waals surface area contributed by atoms with Gasteiger partial charge in [-0.1, -0.05) is 30.4 Å². The van der Waals surface area contributed by atoms with E-state index in [4.69, 9.17) is 4.98 Å². The van der Waals surface area contributed by atoms with Crippen LogP contribution in [0.15, 0.2) is 42.7 Å². The highest BCUT2D eigenvalue weighted by atomic mass is 32.1. The van der Waals surface area contributed by atoms with E-state index in [1.165, 1.54) is 22.8 Å².